The number of halogens is 1. The Balaban J connectivity index is 2.45. The lowest BCUT2D eigenvalue weighted by Gasteiger charge is -2.33. The Morgan fingerprint density at radius 3 is 2.23 bits per heavy atom. The normalized spacial score (nSPS) is 12.3. The van der Waals surface area contributed by atoms with Crippen LogP contribution in [0, 0.1) is 25.6 Å². The van der Waals surface area contributed by atoms with Crippen molar-refractivity contribution < 1.29 is 22.4 Å². The summed E-state index contributed by atoms with van der Waals surface area (Å²) in [6.45, 7) is 9.39. The largest absolute Gasteiger partial charge is 0.354 e. The second kappa shape index (κ2) is 12.2. The summed E-state index contributed by atoms with van der Waals surface area (Å²) in [6.07, 6.45) is 1.39. The van der Waals surface area contributed by atoms with Crippen LogP contribution in [-0.4, -0.2) is 50.5 Å². The van der Waals surface area contributed by atoms with Gasteiger partial charge in [-0.3, -0.25) is 13.9 Å². The zero-order valence-electron chi connectivity index (χ0n) is 21.3. The highest BCUT2D eigenvalue weighted by atomic mass is 32.2. The number of sulfonamides is 1. The maximum Gasteiger partial charge on any atom is 0.244 e. The lowest BCUT2D eigenvalue weighted by Crippen LogP contribution is -2.52. The van der Waals surface area contributed by atoms with E-state index in [2.05, 4.69) is 5.32 Å². The van der Waals surface area contributed by atoms with Crippen LogP contribution in [0.25, 0.3) is 0 Å². The summed E-state index contributed by atoms with van der Waals surface area (Å²) < 4.78 is 40.0. The zero-order valence-corrected chi connectivity index (χ0v) is 22.2. The third-order valence-corrected chi connectivity index (χ3v) is 6.78. The molecule has 0 spiro atoms. The monoisotopic (exact) mass is 505 g/mol. The van der Waals surface area contributed by atoms with Gasteiger partial charge in [-0.05, 0) is 61.1 Å². The van der Waals surface area contributed by atoms with Crippen molar-refractivity contribution in [2.24, 2.45) is 5.92 Å². The summed E-state index contributed by atoms with van der Waals surface area (Å²) in [5.74, 6) is -1.02. The number of aryl methyl sites for hydroxylation is 2. The Bertz CT molecular complexity index is 1130. The molecule has 0 aromatic heterocycles. The molecule has 7 nitrogen and oxygen atoms in total. The summed E-state index contributed by atoms with van der Waals surface area (Å²) in [5, 5.41) is 2.87. The molecule has 0 unspecified atom stereocenters. The third kappa shape index (κ3) is 8.06. The van der Waals surface area contributed by atoms with E-state index in [1.165, 1.54) is 17.0 Å². The standard InChI is InChI=1S/C26H36FN3O4S/c1-7-23(26(32)28-15-18(2)3)29(16-21-10-12-22(27)13-11-21)25(31)17-30(35(6,33)34)24-14-19(4)8-9-20(24)5/h8-14,18,23H,7,15-17H2,1-6H3,(H,28,32)/t23-/m1/s1. The zero-order chi connectivity index (χ0) is 26.3. The van der Waals surface area contributed by atoms with Gasteiger partial charge in [0.05, 0.1) is 11.9 Å². The van der Waals surface area contributed by atoms with Gasteiger partial charge in [0.25, 0.3) is 0 Å². The highest BCUT2D eigenvalue weighted by Gasteiger charge is 2.32. The smallest absolute Gasteiger partial charge is 0.244 e. The molecule has 9 heteroatoms. The molecule has 0 radical (unpaired) electrons. The number of amides is 2. The second-order valence-corrected chi connectivity index (χ2v) is 11.2. The van der Waals surface area contributed by atoms with Crippen molar-refractivity contribution in [3.63, 3.8) is 0 Å². The van der Waals surface area contributed by atoms with E-state index in [9.17, 15) is 22.4 Å². The molecule has 2 aromatic carbocycles. The van der Waals surface area contributed by atoms with Crippen molar-refractivity contribution in [2.75, 3.05) is 23.7 Å². The number of benzene rings is 2. The van der Waals surface area contributed by atoms with E-state index in [0.29, 0.717) is 29.8 Å². The van der Waals surface area contributed by atoms with E-state index in [4.69, 9.17) is 0 Å². The SMILES string of the molecule is CC[C@H](C(=O)NCC(C)C)N(Cc1ccc(F)cc1)C(=O)CN(c1cc(C)ccc1C)S(C)(=O)=O. The minimum atomic E-state index is -3.80. The van der Waals surface area contributed by atoms with Crippen LogP contribution in [0.3, 0.4) is 0 Å². The number of carbonyl (C=O) groups is 2. The van der Waals surface area contributed by atoms with Gasteiger partial charge in [-0.2, -0.15) is 0 Å². The van der Waals surface area contributed by atoms with Gasteiger partial charge in [0, 0.05) is 13.1 Å². The molecule has 2 aromatic rings. The van der Waals surface area contributed by atoms with Gasteiger partial charge in [-0.1, -0.05) is 45.0 Å². The van der Waals surface area contributed by atoms with E-state index in [1.807, 2.05) is 26.8 Å². The predicted octanol–water partition coefficient (Wildman–Crippen LogP) is 3.79. The molecule has 0 aliphatic rings. The first-order valence-electron chi connectivity index (χ1n) is 11.7. The predicted molar refractivity (Wildman–Crippen MR) is 137 cm³/mol. The minimum absolute atomic E-state index is 0.0388. The van der Waals surface area contributed by atoms with Crippen LogP contribution in [0.5, 0.6) is 0 Å². The van der Waals surface area contributed by atoms with Crippen molar-refractivity contribution in [2.45, 2.75) is 53.6 Å². The number of carbonyl (C=O) groups excluding carboxylic acids is 2. The number of hydrogen-bond donors (Lipinski definition) is 1. The van der Waals surface area contributed by atoms with E-state index in [0.717, 1.165) is 16.1 Å². The first-order valence-corrected chi connectivity index (χ1v) is 13.5. The van der Waals surface area contributed by atoms with Gasteiger partial charge in [-0.25, -0.2) is 12.8 Å². The van der Waals surface area contributed by atoms with Crippen LogP contribution in [0.15, 0.2) is 42.5 Å². The van der Waals surface area contributed by atoms with Crippen molar-refractivity contribution in [3.8, 4) is 0 Å². The highest BCUT2D eigenvalue weighted by molar-refractivity contribution is 7.92. The highest BCUT2D eigenvalue weighted by Crippen LogP contribution is 2.25. The Morgan fingerprint density at radius 1 is 1.06 bits per heavy atom. The molecular weight excluding hydrogens is 469 g/mol. The van der Waals surface area contributed by atoms with E-state index in [-0.39, 0.29) is 18.4 Å². The number of anilines is 1. The molecule has 35 heavy (non-hydrogen) atoms. The molecule has 1 atom stereocenters. The van der Waals surface area contributed by atoms with Gasteiger partial charge in [-0.15, -0.1) is 0 Å². The molecule has 1 N–H and O–H groups in total. The number of nitrogens with one attached hydrogen (secondary N) is 1. The van der Waals surface area contributed by atoms with Crippen LogP contribution in [0.1, 0.15) is 43.9 Å². The lowest BCUT2D eigenvalue weighted by atomic mass is 10.1. The average molecular weight is 506 g/mol. The average Bonchev–Trinajstić information content (AvgIpc) is 2.78. The summed E-state index contributed by atoms with van der Waals surface area (Å²) in [5.41, 5.74) is 2.61. The fourth-order valence-corrected chi connectivity index (χ4v) is 4.61. The van der Waals surface area contributed by atoms with Crippen molar-refractivity contribution in [1.29, 1.82) is 0 Å². The van der Waals surface area contributed by atoms with Crippen LogP contribution in [0.2, 0.25) is 0 Å². The minimum Gasteiger partial charge on any atom is -0.354 e. The fraction of sp³-hybridized carbons (Fsp3) is 0.462. The molecule has 0 heterocycles. The maximum absolute atomic E-state index is 13.6. The van der Waals surface area contributed by atoms with E-state index in [1.54, 1.807) is 38.1 Å². The summed E-state index contributed by atoms with van der Waals surface area (Å²) >= 11 is 0. The third-order valence-electron chi connectivity index (χ3n) is 5.65. The molecule has 2 amide bonds. The van der Waals surface area contributed by atoms with Crippen LogP contribution in [-0.2, 0) is 26.2 Å². The van der Waals surface area contributed by atoms with E-state index >= 15 is 0 Å². The number of rotatable bonds is 11. The number of nitrogens with zero attached hydrogens (tertiary/aromatic N) is 2. The van der Waals surface area contributed by atoms with Crippen molar-refractivity contribution in [3.05, 3.63) is 65.0 Å². The Kier molecular flexibility index (Phi) is 9.82. The van der Waals surface area contributed by atoms with E-state index < -0.39 is 34.3 Å². The van der Waals surface area contributed by atoms with Gasteiger partial charge in [0.2, 0.25) is 21.8 Å². The first kappa shape index (κ1) is 28.3. The van der Waals surface area contributed by atoms with Crippen molar-refractivity contribution in [1.82, 2.24) is 10.2 Å². The maximum atomic E-state index is 13.6. The molecule has 0 saturated carbocycles. The van der Waals surface area contributed by atoms with Crippen LogP contribution in [0.4, 0.5) is 10.1 Å². The Labute approximate surface area is 208 Å². The summed E-state index contributed by atoms with van der Waals surface area (Å²) in [4.78, 5) is 28.1. The van der Waals surface area contributed by atoms with Gasteiger partial charge < -0.3 is 10.2 Å². The van der Waals surface area contributed by atoms with Crippen molar-refractivity contribution >= 4 is 27.5 Å². The lowest BCUT2D eigenvalue weighted by molar-refractivity contribution is -0.140. The molecule has 2 rings (SSSR count). The quantitative estimate of drug-likeness (QED) is 0.504. The van der Waals surface area contributed by atoms with Gasteiger partial charge in [0.1, 0.15) is 18.4 Å². The van der Waals surface area contributed by atoms with Gasteiger partial charge >= 0.3 is 0 Å². The first-order chi connectivity index (χ1) is 16.3. The molecule has 192 valence electrons. The summed E-state index contributed by atoms with van der Waals surface area (Å²) in [7, 11) is -3.80. The summed E-state index contributed by atoms with van der Waals surface area (Å²) in [6, 6.07) is 10.3. The molecule has 0 saturated heterocycles. The van der Waals surface area contributed by atoms with Gasteiger partial charge in [0.15, 0.2) is 0 Å². The second-order valence-electron chi connectivity index (χ2n) is 9.27. The molecule has 0 aliphatic heterocycles. The Morgan fingerprint density at radius 2 is 1.69 bits per heavy atom. The number of hydrogen-bond acceptors (Lipinski definition) is 4. The molecular formula is C26H36FN3O4S. The topological polar surface area (TPSA) is 86.8 Å². The fourth-order valence-electron chi connectivity index (χ4n) is 3.71. The van der Waals surface area contributed by atoms with Crippen LogP contribution < -0.4 is 9.62 Å². The van der Waals surface area contributed by atoms with Crippen LogP contribution >= 0.6 is 0 Å². The Hall–Kier alpha value is -2.94. The molecule has 0 fully saturated rings. The molecule has 0 bridgehead atoms. The molecule has 0 aliphatic carbocycles.